The van der Waals surface area contributed by atoms with Crippen LogP contribution in [0.4, 0.5) is 5.69 Å². The molecule has 0 saturated heterocycles. The lowest BCUT2D eigenvalue weighted by Gasteiger charge is -2.07. The largest absolute Gasteiger partial charge is 0.322 e. The van der Waals surface area contributed by atoms with Crippen LogP contribution in [0.3, 0.4) is 0 Å². The standard InChI is InChI=1S/C14H11Cl2NO3S/c1-9-2-3-10(8-13(9)15)14(18)17-11-4-6-12(7-5-11)21(16,19)20/h2-8H,1H3,(H,17,18). The monoisotopic (exact) mass is 343 g/mol. The minimum atomic E-state index is -3.77. The minimum Gasteiger partial charge on any atom is -0.322 e. The Morgan fingerprint density at radius 2 is 1.71 bits per heavy atom. The molecule has 0 aliphatic rings. The second-order valence-corrected chi connectivity index (χ2v) is 7.35. The highest BCUT2D eigenvalue weighted by molar-refractivity contribution is 8.13. The molecule has 0 heterocycles. The van der Waals surface area contributed by atoms with E-state index in [0.717, 1.165) is 5.56 Å². The summed E-state index contributed by atoms with van der Waals surface area (Å²) < 4.78 is 22.2. The number of benzene rings is 2. The minimum absolute atomic E-state index is 0.0273. The van der Waals surface area contributed by atoms with Gasteiger partial charge in [0.15, 0.2) is 0 Å². The fourth-order valence-corrected chi connectivity index (χ4v) is 2.59. The van der Waals surface area contributed by atoms with Gasteiger partial charge in [-0.05, 0) is 48.9 Å². The molecule has 0 aromatic heterocycles. The number of amides is 1. The van der Waals surface area contributed by atoms with Gasteiger partial charge >= 0.3 is 0 Å². The SMILES string of the molecule is Cc1ccc(C(=O)Nc2ccc(S(=O)(=O)Cl)cc2)cc1Cl. The van der Waals surface area contributed by atoms with Crippen LogP contribution in [0.15, 0.2) is 47.4 Å². The Labute approximate surface area is 132 Å². The van der Waals surface area contributed by atoms with Gasteiger partial charge in [0, 0.05) is 27.0 Å². The van der Waals surface area contributed by atoms with E-state index in [2.05, 4.69) is 5.32 Å². The highest BCUT2D eigenvalue weighted by atomic mass is 35.7. The van der Waals surface area contributed by atoms with Crippen molar-refractivity contribution in [2.75, 3.05) is 5.32 Å². The molecule has 7 heteroatoms. The highest BCUT2D eigenvalue weighted by Gasteiger charge is 2.11. The van der Waals surface area contributed by atoms with Crippen LogP contribution in [-0.2, 0) is 9.05 Å². The number of carbonyl (C=O) groups excluding carboxylic acids is 1. The molecule has 0 aliphatic carbocycles. The average molecular weight is 344 g/mol. The summed E-state index contributed by atoms with van der Waals surface area (Å²) in [4.78, 5) is 12.0. The van der Waals surface area contributed by atoms with E-state index in [0.29, 0.717) is 16.3 Å². The maximum absolute atomic E-state index is 12.0. The molecule has 0 radical (unpaired) electrons. The number of hydrogen-bond donors (Lipinski definition) is 1. The lowest BCUT2D eigenvalue weighted by atomic mass is 10.1. The fourth-order valence-electron chi connectivity index (χ4n) is 1.64. The van der Waals surface area contributed by atoms with Crippen molar-refractivity contribution in [1.82, 2.24) is 0 Å². The van der Waals surface area contributed by atoms with E-state index in [1.165, 1.54) is 24.3 Å². The molecule has 0 aliphatic heterocycles. The maximum Gasteiger partial charge on any atom is 0.261 e. The summed E-state index contributed by atoms with van der Waals surface area (Å²) in [5, 5.41) is 3.15. The molecule has 2 rings (SSSR count). The third-order valence-corrected chi connectivity index (χ3v) is 4.60. The average Bonchev–Trinajstić information content (AvgIpc) is 2.41. The summed E-state index contributed by atoms with van der Waals surface area (Å²) in [6, 6.07) is 10.5. The predicted molar refractivity (Wildman–Crippen MR) is 83.6 cm³/mol. The number of aryl methyl sites for hydroxylation is 1. The molecule has 110 valence electrons. The summed E-state index contributed by atoms with van der Waals surface area (Å²) in [6.45, 7) is 1.84. The molecule has 2 aromatic carbocycles. The van der Waals surface area contributed by atoms with Crippen LogP contribution in [0.25, 0.3) is 0 Å². The van der Waals surface area contributed by atoms with Crippen LogP contribution in [0.1, 0.15) is 15.9 Å². The highest BCUT2D eigenvalue weighted by Crippen LogP contribution is 2.20. The van der Waals surface area contributed by atoms with Crippen LogP contribution in [0.2, 0.25) is 5.02 Å². The summed E-state index contributed by atoms with van der Waals surface area (Å²) in [5.41, 5.74) is 1.75. The van der Waals surface area contributed by atoms with Gasteiger partial charge in [-0.1, -0.05) is 17.7 Å². The second kappa shape index (κ2) is 6.05. The molecule has 0 bridgehead atoms. The molecule has 0 saturated carbocycles. The van der Waals surface area contributed by atoms with E-state index >= 15 is 0 Å². The first-order valence-electron chi connectivity index (χ1n) is 5.89. The molecule has 2 aromatic rings. The summed E-state index contributed by atoms with van der Waals surface area (Å²) in [7, 11) is 1.45. The van der Waals surface area contributed by atoms with Crippen molar-refractivity contribution in [1.29, 1.82) is 0 Å². The molecule has 1 N–H and O–H groups in total. The molecule has 1 amide bonds. The number of rotatable bonds is 3. The van der Waals surface area contributed by atoms with Crippen molar-refractivity contribution in [3.63, 3.8) is 0 Å². The Morgan fingerprint density at radius 1 is 1.10 bits per heavy atom. The molecule has 0 spiro atoms. The van der Waals surface area contributed by atoms with Crippen LogP contribution in [0.5, 0.6) is 0 Å². The Hall–Kier alpha value is -1.56. The van der Waals surface area contributed by atoms with Crippen molar-refractivity contribution < 1.29 is 13.2 Å². The fraction of sp³-hybridized carbons (Fsp3) is 0.0714. The van der Waals surface area contributed by atoms with Gasteiger partial charge in [0.2, 0.25) is 0 Å². The smallest absolute Gasteiger partial charge is 0.261 e. The van der Waals surface area contributed by atoms with Crippen molar-refractivity contribution in [2.45, 2.75) is 11.8 Å². The lowest BCUT2D eigenvalue weighted by molar-refractivity contribution is 0.102. The zero-order chi connectivity index (χ0) is 15.6. The van der Waals surface area contributed by atoms with Gasteiger partial charge in [0.25, 0.3) is 15.0 Å². The third kappa shape index (κ3) is 3.97. The number of nitrogens with one attached hydrogen (secondary N) is 1. The van der Waals surface area contributed by atoms with Gasteiger partial charge in [0.05, 0.1) is 4.90 Å². The Morgan fingerprint density at radius 3 is 2.24 bits per heavy atom. The van der Waals surface area contributed by atoms with Gasteiger partial charge in [-0.3, -0.25) is 4.79 Å². The topological polar surface area (TPSA) is 63.2 Å². The van der Waals surface area contributed by atoms with Crippen LogP contribution < -0.4 is 5.32 Å². The zero-order valence-corrected chi connectivity index (χ0v) is 13.3. The molecule has 0 unspecified atom stereocenters. The molecule has 21 heavy (non-hydrogen) atoms. The number of hydrogen-bond acceptors (Lipinski definition) is 3. The summed E-state index contributed by atoms with van der Waals surface area (Å²) in [6.07, 6.45) is 0. The lowest BCUT2D eigenvalue weighted by Crippen LogP contribution is -2.12. The van der Waals surface area contributed by atoms with Crippen molar-refractivity contribution in [3.05, 3.63) is 58.6 Å². The first kappa shape index (κ1) is 15.8. The van der Waals surface area contributed by atoms with Crippen molar-refractivity contribution in [3.8, 4) is 0 Å². The summed E-state index contributed by atoms with van der Waals surface area (Å²) in [5.74, 6) is -0.335. The van der Waals surface area contributed by atoms with Gasteiger partial charge in [0.1, 0.15) is 0 Å². The number of halogens is 2. The first-order valence-corrected chi connectivity index (χ1v) is 8.58. The third-order valence-electron chi connectivity index (χ3n) is 2.83. The van der Waals surface area contributed by atoms with E-state index in [1.54, 1.807) is 18.2 Å². The molecular weight excluding hydrogens is 333 g/mol. The molecule has 0 atom stereocenters. The maximum atomic E-state index is 12.0. The van der Waals surface area contributed by atoms with Gasteiger partial charge < -0.3 is 5.32 Å². The number of anilines is 1. The Balaban J connectivity index is 2.18. The van der Waals surface area contributed by atoms with E-state index in [1.807, 2.05) is 6.92 Å². The normalized spacial score (nSPS) is 11.2. The van der Waals surface area contributed by atoms with Crippen LogP contribution in [0, 0.1) is 6.92 Å². The Kier molecular flexibility index (Phi) is 4.56. The van der Waals surface area contributed by atoms with E-state index < -0.39 is 9.05 Å². The van der Waals surface area contributed by atoms with E-state index in [-0.39, 0.29) is 10.8 Å². The molecule has 4 nitrogen and oxygen atoms in total. The van der Waals surface area contributed by atoms with E-state index in [9.17, 15) is 13.2 Å². The quantitative estimate of drug-likeness (QED) is 0.861. The Bertz CT molecular complexity index is 786. The molecular formula is C14H11Cl2NO3S. The van der Waals surface area contributed by atoms with Gasteiger partial charge in [-0.2, -0.15) is 0 Å². The molecule has 0 fully saturated rings. The second-order valence-electron chi connectivity index (χ2n) is 4.38. The van der Waals surface area contributed by atoms with Gasteiger partial charge in [-0.25, -0.2) is 8.42 Å². The number of carbonyl (C=O) groups is 1. The zero-order valence-electron chi connectivity index (χ0n) is 10.9. The van der Waals surface area contributed by atoms with Crippen LogP contribution >= 0.6 is 22.3 Å². The van der Waals surface area contributed by atoms with Crippen molar-refractivity contribution >= 4 is 42.9 Å². The first-order chi connectivity index (χ1) is 9.77. The van der Waals surface area contributed by atoms with Gasteiger partial charge in [-0.15, -0.1) is 0 Å². The predicted octanol–water partition coefficient (Wildman–Crippen LogP) is 3.83. The van der Waals surface area contributed by atoms with Crippen LogP contribution in [-0.4, -0.2) is 14.3 Å². The van der Waals surface area contributed by atoms with Crippen molar-refractivity contribution in [2.24, 2.45) is 0 Å². The summed E-state index contributed by atoms with van der Waals surface area (Å²) >= 11 is 5.97. The van der Waals surface area contributed by atoms with E-state index in [4.69, 9.17) is 22.3 Å².